The van der Waals surface area contributed by atoms with Crippen molar-refractivity contribution in [2.75, 3.05) is 0 Å². The van der Waals surface area contributed by atoms with E-state index in [-0.39, 0.29) is 0 Å². The first-order chi connectivity index (χ1) is 30.2. The van der Waals surface area contributed by atoms with Gasteiger partial charge in [-0.1, -0.05) is 164 Å². The molecule has 0 atom stereocenters. The van der Waals surface area contributed by atoms with Gasteiger partial charge in [0.1, 0.15) is 0 Å². The number of hydrogen-bond acceptors (Lipinski definition) is 3. The molecule has 11 rings (SSSR count). The number of rotatable bonds is 8. The van der Waals surface area contributed by atoms with Gasteiger partial charge in [0.15, 0.2) is 5.82 Å². The molecule has 0 N–H and O–H groups in total. The van der Waals surface area contributed by atoms with Gasteiger partial charge in [-0.05, 0) is 95.3 Å². The van der Waals surface area contributed by atoms with Crippen LogP contribution in [0.2, 0.25) is 0 Å². The maximum Gasteiger partial charge on any atom is 0.160 e. The zero-order valence-corrected chi connectivity index (χ0v) is 33.5. The highest BCUT2D eigenvalue weighted by molar-refractivity contribution is 6.09. The van der Waals surface area contributed by atoms with Gasteiger partial charge in [-0.25, -0.2) is 15.0 Å². The molecule has 0 amide bonds. The first-order valence-electron chi connectivity index (χ1n) is 20.9. The van der Waals surface area contributed by atoms with Gasteiger partial charge in [0.05, 0.1) is 33.8 Å². The third-order valence-corrected chi connectivity index (χ3v) is 11.7. The molecule has 288 valence electrons. The van der Waals surface area contributed by atoms with E-state index in [1.54, 1.807) is 0 Å². The fraction of sp³-hybridized carbons (Fsp3) is 0.0351. The zero-order chi connectivity index (χ0) is 40.5. The minimum absolute atomic E-state index is 0.713. The minimum Gasteiger partial charge on any atom is -0.309 e. The Morgan fingerprint density at radius 3 is 1.61 bits per heavy atom. The number of pyridine rings is 1. The van der Waals surface area contributed by atoms with Crippen LogP contribution in [0.25, 0.3) is 94.9 Å². The molecule has 3 aromatic heterocycles. The van der Waals surface area contributed by atoms with Gasteiger partial charge in [0.2, 0.25) is 0 Å². The molecule has 0 unspecified atom stereocenters. The second kappa shape index (κ2) is 15.7. The summed E-state index contributed by atoms with van der Waals surface area (Å²) in [6.45, 7) is 0. The number of benzene rings is 7. The monoisotopic (exact) mass is 780 g/mol. The molecule has 7 aromatic carbocycles. The fourth-order valence-electron chi connectivity index (χ4n) is 8.64. The Bertz CT molecular complexity index is 3160. The maximum atomic E-state index is 5.24. The number of para-hydroxylation sites is 2. The predicted octanol–water partition coefficient (Wildman–Crippen LogP) is 14.6. The lowest BCUT2D eigenvalue weighted by Gasteiger charge is -2.16. The smallest absolute Gasteiger partial charge is 0.160 e. The lowest BCUT2D eigenvalue weighted by atomic mass is 9.92. The van der Waals surface area contributed by atoms with Crippen LogP contribution in [0.4, 0.5) is 0 Å². The van der Waals surface area contributed by atoms with Crippen molar-refractivity contribution in [1.29, 1.82) is 0 Å². The summed E-state index contributed by atoms with van der Waals surface area (Å²) >= 11 is 0. The van der Waals surface area contributed by atoms with Gasteiger partial charge in [0, 0.05) is 38.7 Å². The van der Waals surface area contributed by atoms with Crippen LogP contribution in [0.5, 0.6) is 0 Å². The number of fused-ring (bicyclic) bond motifs is 3. The lowest BCUT2D eigenvalue weighted by Crippen LogP contribution is -1.98. The second-order valence-electron chi connectivity index (χ2n) is 15.5. The van der Waals surface area contributed by atoms with E-state index in [1.165, 1.54) is 38.5 Å². The molecule has 4 nitrogen and oxygen atoms in total. The summed E-state index contributed by atoms with van der Waals surface area (Å²) in [6.07, 6.45) is 6.61. The molecule has 3 heterocycles. The molecule has 0 aliphatic heterocycles. The molecular formula is C57H40N4. The van der Waals surface area contributed by atoms with E-state index in [1.807, 2.05) is 36.4 Å². The van der Waals surface area contributed by atoms with Gasteiger partial charge >= 0.3 is 0 Å². The van der Waals surface area contributed by atoms with Gasteiger partial charge in [0.25, 0.3) is 0 Å². The second-order valence-corrected chi connectivity index (χ2v) is 15.5. The van der Waals surface area contributed by atoms with E-state index in [0.717, 1.165) is 74.7 Å². The topological polar surface area (TPSA) is 43.6 Å². The average molecular weight is 781 g/mol. The van der Waals surface area contributed by atoms with E-state index >= 15 is 0 Å². The van der Waals surface area contributed by atoms with Crippen LogP contribution in [0.15, 0.2) is 218 Å². The lowest BCUT2D eigenvalue weighted by molar-refractivity contribution is 1.04. The molecule has 10 aromatic rings. The van der Waals surface area contributed by atoms with Crippen molar-refractivity contribution in [2.45, 2.75) is 12.8 Å². The van der Waals surface area contributed by atoms with Crippen LogP contribution in [0.1, 0.15) is 24.1 Å². The van der Waals surface area contributed by atoms with Crippen LogP contribution in [0.3, 0.4) is 0 Å². The first-order valence-corrected chi connectivity index (χ1v) is 20.9. The van der Waals surface area contributed by atoms with Crippen molar-refractivity contribution in [2.24, 2.45) is 0 Å². The summed E-state index contributed by atoms with van der Waals surface area (Å²) in [5, 5.41) is 2.55. The van der Waals surface area contributed by atoms with Crippen LogP contribution < -0.4 is 0 Å². The standard InChI is InChI=1S/C57H40N4/c1-3-14-41(15-4-1)53-38-54(60-57(59-53)43-16-5-2-6-17-43)42-30-28-39(29-31-42)44-18-11-20-46(36-44)51-24-13-25-52(58-51)47-21-12-19-45(37-47)40-32-34-48(35-33-40)61-55-26-9-7-22-49(55)50-23-8-10-27-56(50)61/h1-11,13-20,22-38H,12,21H2. The van der Waals surface area contributed by atoms with E-state index in [9.17, 15) is 0 Å². The largest absolute Gasteiger partial charge is 0.309 e. The molecule has 4 heteroatoms. The number of nitrogens with zero attached hydrogens (tertiary/aromatic N) is 4. The average Bonchev–Trinajstić information content (AvgIpc) is 3.69. The summed E-state index contributed by atoms with van der Waals surface area (Å²) in [5.74, 6) is 0.713. The Balaban J connectivity index is 0.851. The highest BCUT2D eigenvalue weighted by atomic mass is 15.0. The molecule has 1 aliphatic carbocycles. The summed E-state index contributed by atoms with van der Waals surface area (Å²) in [6, 6.07) is 72.6. The fourth-order valence-corrected chi connectivity index (χ4v) is 8.64. The Morgan fingerprint density at radius 2 is 0.902 bits per heavy atom. The summed E-state index contributed by atoms with van der Waals surface area (Å²) < 4.78 is 2.37. The summed E-state index contributed by atoms with van der Waals surface area (Å²) in [4.78, 5) is 15.2. The van der Waals surface area contributed by atoms with E-state index in [0.29, 0.717) is 5.82 Å². The van der Waals surface area contributed by atoms with Crippen molar-refractivity contribution in [3.05, 3.63) is 230 Å². The van der Waals surface area contributed by atoms with Crippen molar-refractivity contribution < 1.29 is 0 Å². The van der Waals surface area contributed by atoms with Crippen molar-refractivity contribution in [3.8, 4) is 62.0 Å². The van der Waals surface area contributed by atoms with Gasteiger partial charge < -0.3 is 4.57 Å². The number of allylic oxidation sites excluding steroid dienone is 4. The highest BCUT2D eigenvalue weighted by Crippen LogP contribution is 2.36. The first kappa shape index (κ1) is 36.2. The molecule has 1 aliphatic rings. The zero-order valence-electron chi connectivity index (χ0n) is 33.5. The van der Waals surface area contributed by atoms with E-state index in [2.05, 4.69) is 187 Å². The molecule has 0 spiro atoms. The molecule has 0 bridgehead atoms. The third kappa shape index (κ3) is 7.04. The summed E-state index contributed by atoms with van der Waals surface area (Å²) in [7, 11) is 0. The molecule has 0 radical (unpaired) electrons. The maximum absolute atomic E-state index is 5.24. The molecule has 61 heavy (non-hydrogen) atoms. The Kier molecular flexibility index (Phi) is 9.29. The predicted molar refractivity (Wildman–Crippen MR) is 253 cm³/mol. The van der Waals surface area contributed by atoms with Crippen LogP contribution in [0, 0.1) is 0 Å². The van der Waals surface area contributed by atoms with Gasteiger partial charge in [-0.2, -0.15) is 0 Å². The number of hydrogen-bond donors (Lipinski definition) is 0. The third-order valence-electron chi connectivity index (χ3n) is 11.7. The van der Waals surface area contributed by atoms with Crippen LogP contribution in [-0.4, -0.2) is 19.5 Å². The molecule has 0 saturated heterocycles. The molecule has 0 saturated carbocycles. The van der Waals surface area contributed by atoms with Crippen LogP contribution >= 0.6 is 0 Å². The Hall–Kier alpha value is -7.95. The van der Waals surface area contributed by atoms with Crippen molar-refractivity contribution >= 4 is 33.0 Å². The minimum atomic E-state index is 0.713. The van der Waals surface area contributed by atoms with Gasteiger partial charge in [-0.3, -0.25) is 0 Å². The van der Waals surface area contributed by atoms with Gasteiger partial charge in [-0.15, -0.1) is 0 Å². The van der Waals surface area contributed by atoms with Crippen molar-refractivity contribution in [1.82, 2.24) is 19.5 Å². The Morgan fingerprint density at radius 1 is 0.361 bits per heavy atom. The summed E-state index contributed by atoms with van der Waals surface area (Å²) in [5.41, 5.74) is 17.5. The van der Waals surface area contributed by atoms with E-state index < -0.39 is 0 Å². The highest BCUT2D eigenvalue weighted by Gasteiger charge is 2.16. The quantitative estimate of drug-likeness (QED) is 0.154. The number of aromatic nitrogens is 4. The molecule has 0 fully saturated rings. The molecular weight excluding hydrogens is 741 g/mol. The van der Waals surface area contributed by atoms with E-state index in [4.69, 9.17) is 15.0 Å². The normalized spacial score (nSPS) is 12.7. The van der Waals surface area contributed by atoms with Crippen LogP contribution in [-0.2, 0) is 0 Å². The Labute approximate surface area is 355 Å². The van der Waals surface area contributed by atoms with Crippen molar-refractivity contribution in [3.63, 3.8) is 0 Å². The SMILES string of the molecule is C1=C(c2ccc(-n3c4ccccc4c4ccccc43)cc2)C=C(c2cccc(-c3cccc(-c4ccc(-c5cc(-c6ccccc6)nc(-c6ccccc6)n5)cc4)c3)n2)CC1.